The number of nitriles is 1. The molecule has 1 fully saturated rings. The standard InChI is InChI=1S/C24H27BN4O/c1-28(2)16-22-20(19-6-3-18(15-26)4-7-19)8-9-21-23(27-30-24(21)22)10-5-17-11-13-29(25)14-12-17/h3-4,6-9,17H,5,10-14,16H2,1-2H3. The van der Waals surface area contributed by atoms with Crippen LogP contribution in [-0.2, 0) is 13.0 Å². The van der Waals surface area contributed by atoms with Crippen molar-refractivity contribution >= 4 is 19.0 Å². The van der Waals surface area contributed by atoms with Gasteiger partial charge in [0.15, 0.2) is 13.6 Å². The normalized spacial score (nSPS) is 15.7. The van der Waals surface area contributed by atoms with Gasteiger partial charge in [-0.3, -0.25) is 0 Å². The number of benzene rings is 2. The maximum absolute atomic E-state index is 9.09. The van der Waals surface area contributed by atoms with E-state index in [1.807, 2.05) is 29.1 Å². The Balaban J connectivity index is 1.63. The Kier molecular flexibility index (Phi) is 6.22. The van der Waals surface area contributed by atoms with E-state index in [1.54, 1.807) is 0 Å². The molecule has 1 aliphatic heterocycles. The summed E-state index contributed by atoms with van der Waals surface area (Å²) in [5.41, 5.74) is 5.93. The van der Waals surface area contributed by atoms with Crippen LogP contribution in [0, 0.1) is 17.2 Å². The van der Waals surface area contributed by atoms with Crippen LogP contribution in [-0.4, -0.2) is 50.0 Å². The van der Waals surface area contributed by atoms with E-state index in [0.29, 0.717) is 11.5 Å². The van der Waals surface area contributed by atoms with Crippen molar-refractivity contribution in [3.8, 4) is 17.2 Å². The average Bonchev–Trinajstić information content (AvgIpc) is 3.17. The molecule has 0 bridgehead atoms. The minimum Gasteiger partial charge on any atom is -0.356 e. The average molecular weight is 398 g/mol. The molecule has 3 aromatic rings. The van der Waals surface area contributed by atoms with Gasteiger partial charge in [0.2, 0.25) is 0 Å². The Hall–Kier alpha value is -2.62. The molecule has 4 rings (SSSR count). The molecule has 1 aromatic heterocycles. The Bertz CT molecular complexity index is 1040. The van der Waals surface area contributed by atoms with Gasteiger partial charge in [-0.1, -0.05) is 23.4 Å². The van der Waals surface area contributed by atoms with Crippen molar-refractivity contribution in [1.29, 1.82) is 5.26 Å². The van der Waals surface area contributed by atoms with Gasteiger partial charge in [0.1, 0.15) is 0 Å². The predicted octanol–water partition coefficient (Wildman–Crippen LogP) is 4.16. The number of hydrogen-bond donors (Lipinski definition) is 0. The van der Waals surface area contributed by atoms with E-state index < -0.39 is 0 Å². The fraction of sp³-hybridized carbons (Fsp3) is 0.417. The number of aromatic nitrogens is 1. The molecule has 0 spiro atoms. The molecular formula is C24H27BN4O. The van der Waals surface area contributed by atoms with Crippen LogP contribution in [0.3, 0.4) is 0 Å². The molecule has 0 aliphatic carbocycles. The van der Waals surface area contributed by atoms with E-state index in [4.69, 9.17) is 17.8 Å². The van der Waals surface area contributed by atoms with Crippen LogP contribution in [0.2, 0.25) is 0 Å². The molecule has 0 amide bonds. The highest BCUT2D eigenvalue weighted by atomic mass is 16.5. The molecule has 0 N–H and O–H groups in total. The zero-order valence-corrected chi connectivity index (χ0v) is 17.8. The maximum atomic E-state index is 9.09. The molecule has 30 heavy (non-hydrogen) atoms. The molecule has 0 unspecified atom stereocenters. The molecule has 2 aromatic carbocycles. The summed E-state index contributed by atoms with van der Waals surface area (Å²) in [5.74, 6) is 0.704. The third kappa shape index (κ3) is 4.43. The van der Waals surface area contributed by atoms with E-state index in [-0.39, 0.29) is 0 Å². The fourth-order valence-corrected chi connectivity index (χ4v) is 4.34. The van der Waals surface area contributed by atoms with Gasteiger partial charge in [-0.2, -0.15) is 5.26 Å². The quantitative estimate of drug-likeness (QED) is 0.584. The molecule has 0 saturated carbocycles. The summed E-state index contributed by atoms with van der Waals surface area (Å²) in [4.78, 5) is 4.06. The molecule has 2 radical (unpaired) electrons. The number of nitrogens with zero attached hydrogens (tertiary/aromatic N) is 4. The van der Waals surface area contributed by atoms with Gasteiger partial charge < -0.3 is 14.2 Å². The van der Waals surface area contributed by atoms with Crippen LogP contribution in [0.25, 0.3) is 22.1 Å². The summed E-state index contributed by atoms with van der Waals surface area (Å²) in [6.45, 7) is 2.71. The molecule has 152 valence electrons. The van der Waals surface area contributed by atoms with Gasteiger partial charge in [-0.05, 0) is 88.1 Å². The Morgan fingerprint density at radius 3 is 2.57 bits per heavy atom. The Labute approximate surface area is 179 Å². The summed E-state index contributed by atoms with van der Waals surface area (Å²) >= 11 is 0. The van der Waals surface area contributed by atoms with E-state index in [2.05, 4.69) is 42.4 Å². The highest BCUT2D eigenvalue weighted by molar-refractivity contribution is 6.04. The van der Waals surface area contributed by atoms with Crippen molar-refractivity contribution in [3.05, 3.63) is 53.2 Å². The van der Waals surface area contributed by atoms with E-state index in [0.717, 1.165) is 78.7 Å². The monoisotopic (exact) mass is 398 g/mol. The number of aryl methyl sites for hydroxylation is 1. The molecule has 1 saturated heterocycles. The lowest BCUT2D eigenvalue weighted by molar-refractivity contribution is 0.270. The van der Waals surface area contributed by atoms with Crippen molar-refractivity contribution in [2.24, 2.45) is 5.92 Å². The third-order valence-corrected chi connectivity index (χ3v) is 6.06. The largest absolute Gasteiger partial charge is 0.356 e. The number of hydrogen-bond acceptors (Lipinski definition) is 5. The topological polar surface area (TPSA) is 56.3 Å². The van der Waals surface area contributed by atoms with Crippen LogP contribution in [0.15, 0.2) is 40.9 Å². The first kappa shape index (κ1) is 20.6. The first-order valence-corrected chi connectivity index (χ1v) is 10.6. The molecule has 1 aliphatic rings. The van der Waals surface area contributed by atoms with E-state index in [9.17, 15) is 0 Å². The van der Waals surface area contributed by atoms with Crippen molar-refractivity contribution < 1.29 is 4.52 Å². The summed E-state index contributed by atoms with van der Waals surface area (Å²) in [6, 6.07) is 14.2. The summed E-state index contributed by atoms with van der Waals surface area (Å²) in [7, 11) is 10.00. The van der Waals surface area contributed by atoms with Gasteiger partial charge in [0.05, 0.1) is 17.3 Å². The highest BCUT2D eigenvalue weighted by Gasteiger charge is 2.20. The maximum Gasteiger partial charge on any atom is 0.182 e. The van der Waals surface area contributed by atoms with Crippen molar-refractivity contribution in [3.63, 3.8) is 0 Å². The minimum absolute atomic E-state index is 0.663. The van der Waals surface area contributed by atoms with E-state index in [1.165, 1.54) is 0 Å². The third-order valence-electron chi connectivity index (χ3n) is 6.06. The van der Waals surface area contributed by atoms with Gasteiger partial charge in [-0.15, -0.1) is 0 Å². The molecule has 0 atom stereocenters. The van der Waals surface area contributed by atoms with Crippen molar-refractivity contribution in [1.82, 2.24) is 14.9 Å². The zero-order chi connectivity index (χ0) is 21.1. The Morgan fingerprint density at radius 2 is 1.90 bits per heavy atom. The first-order valence-electron chi connectivity index (χ1n) is 10.6. The van der Waals surface area contributed by atoms with Crippen LogP contribution in [0.4, 0.5) is 0 Å². The summed E-state index contributed by atoms with van der Waals surface area (Å²) < 4.78 is 5.89. The predicted molar refractivity (Wildman–Crippen MR) is 120 cm³/mol. The molecule has 6 heteroatoms. The van der Waals surface area contributed by atoms with Crippen LogP contribution < -0.4 is 0 Å². The smallest absolute Gasteiger partial charge is 0.182 e. The second kappa shape index (κ2) is 9.03. The lowest BCUT2D eigenvalue weighted by Crippen LogP contribution is -2.31. The van der Waals surface area contributed by atoms with Gasteiger partial charge >= 0.3 is 0 Å². The molecule has 2 heterocycles. The van der Waals surface area contributed by atoms with Gasteiger partial charge in [0.25, 0.3) is 0 Å². The van der Waals surface area contributed by atoms with Gasteiger partial charge in [-0.25, -0.2) is 0 Å². The van der Waals surface area contributed by atoms with E-state index >= 15 is 0 Å². The zero-order valence-electron chi connectivity index (χ0n) is 17.8. The molecular weight excluding hydrogens is 371 g/mol. The van der Waals surface area contributed by atoms with Crippen molar-refractivity contribution in [2.75, 3.05) is 27.2 Å². The SMILES string of the molecule is [B]N1CCC(CCc2noc3c(CN(C)C)c(-c4ccc(C#N)cc4)ccc23)CC1. The molecule has 5 nitrogen and oxygen atoms in total. The lowest BCUT2D eigenvalue weighted by Gasteiger charge is -2.29. The number of rotatable bonds is 6. The highest BCUT2D eigenvalue weighted by Crippen LogP contribution is 2.34. The van der Waals surface area contributed by atoms with Gasteiger partial charge in [0, 0.05) is 17.5 Å². The fourth-order valence-electron chi connectivity index (χ4n) is 4.34. The summed E-state index contributed by atoms with van der Waals surface area (Å²) in [6.07, 6.45) is 4.36. The second-order valence-electron chi connectivity index (χ2n) is 8.54. The number of fused-ring (bicyclic) bond motifs is 1. The van der Waals surface area contributed by atoms with Crippen LogP contribution >= 0.6 is 0 Å². The minimum atomic E-state index is 0.663. The summed E-state index contributed by atoms with van der Waals surface area (Å²) in [5, 5.41) is 14.7. The second-order valence-corrected chi connectivity index (χ2v) is 8.54. The first-order chi connectivity index (χ1) is 14.5. The van der Waals surface area contributed by atoms with Crippen LogP contribution in [0.5, 0.6) is 0 Å². The van der Waals surface area contributed by atoms with Crippen molar-refractivity contribution in [2.45, 2.75) is 32.2 Å². The lowest BCUT2D eigenvalue weighted by atomic mass is 9.89. The number of piperidine rings is 1. The Morgan fingerprint density at radius 1 is 1.17 bits per heavy atom. The van der Waals surface area contributed by atoms with Crippen LogP contribution in [0.1, 0.15) is 36.1 Å².